The highest BCUT2D eigenvalue weighted by atomic mass is 16.5. The summed E-state index contributed by atoms with van der Waals surface area (Å²) in [5.41, 5.74) is 1.65. The maximum absolute atomic E-state index is 11.8. The lowest BCUT2D eigenvalue weighted by Gasteiger charge is -2.32. The van der Waals surface area contributed by atoms with Gasteiger partial charge < -0.3 is 15.0 Å². The van der Waals surface area contributed by atoms with Crippen molar-refractivity contribution in [2.75, 3.05) is 25.0 Å². The number of carbonyl (C=O) groups is 1. The molecule has 0 aliphatic carbocycles. The van der Waals surface area contributed by atoms with Crippen LogP contribution in [0.4, 0.5) is 11.5 Å². The molecule has 1 amide bonds. The smallest absolute Gasteiger partial charge is 0.222 e. The van der Waals surface area contributed by atoms with Gasteiger partial charge >= 0.3 is 0 Å². The van der Waals surface area contributed by atoms with E-state index in [0.717, 1.165) is 11.4 Å². The van der Waals surface area contributed by atoms with E-state index in [2.05, 4.69) is 20.3 Å². The molecule has 0 unspecified atom stereocenters. The van der Waals surface area contributed by atoms with Gasteiger partial charge in [0.2, 0.25) is 5.91 Å². The van der Waals surface area contributed by atoms with Crippen LogP contribution in [0.2, 0.25) is 0 Å². The molecule has 7 nitrogen and oxygen atoms in total. The first-order valence-electron chi connectivity index (χ1n) is 7.64. The average Bonchev–Trinajstić information content (AvgIpc) is 2.62. The highest BCUT2D eigenvalue weighted by molar-refractivity contribution is 5.75. The first-order valence-corrected chi connectivity index (χ1v) is 7.64. The zero-order valence-electron chi connectivity index (χ0n) is 13.0. The fourth-order valence-corrected chi connectivity index (χ4v) is 2.46. The van der Waals surface area contributed by atoms with Gasteiger partial charge in [0.1, 0.15) is 11.9 Å². The second-order valence-corrected chi connectivity index (χ2v) is 5.24. The van der Waals surface area contributed by atoms with Crippen LogP contribution in [-0.2, 0) is 9.53 Å². The summed E-state index contributed by atoms with van der Waals surface area (Å²) in [7, 11) is 0. The van der Waals surface area contributed by atoms with Gasteiger partial charge in [0.15, 0.2) is 0 Å². The lowest BCUT2D eigenvalue weighted by atomic mass is 10.1. The molecule has 2 aromatic heterocycles. The second-order valence-electron chi connectivity index (χ2n) is 5.24. The van der Waals surface area contributed by atoms with Crippen LogP contribution in [0.1, 0.15) is 25.1 Å². The lowest BCUT2D eigenvalue weighted by molar-refractivity contribution is -0.138. The molecule has 3 heterocycles. The Morgan fingerprint density at radius 2 is 2.26 bits per heavy atom. The van der Waals surface area contributed by atoms with E-state index in [0.29, 0.717) is 31.9 Å². The van der Waals surface area contributed by atoms with E-state index in [9.17, 15) is 4.79 Å². The highest BCUT2D eigenvalue weighted by Gasteiger charge is 2.25. The number of aromatic nitrogens is 3. The molecular weight excluding hydrogens is 294 g/mol. The molecule has 0 aromatic carbocycles. The Bertz CT molecular complexity index is 647. The van der Waals surface area contributed by atoms with E-state index in [4.69, 9.17) is 4.74 Å². The third-order valence-electron chi connectivity index (χ3n) is 3.67. The van der Waals surface area contributed by atoms with Crippen LogP contribution < -0.4 is 5.32 Å². The van der Waals surface area contributed by atoms with Gasteiger partial charge in [0.25, 0.3) is 0 Å². The fourth-order valence-electron chi connectivity index (χ4n) is 2.46. The van der Waals surface area contributed by atoms with Gasteiger partial charge in [0, 0.05) is 25.4 Å². The fraction of sp³-hybridized carbons (Fsp3) is 0.375. The molecule has 23 heavy (non-hydrogen) atoms. The molecule has 0 bridgehead atoms. The third kappa shape index (κ3) is 3.81. The summed E-state index contributed by atoms with van der Waals surface area (Å²) in [5, 5.41) is 3.13. The first-order chi connectivity index (χ1) is 11.3. The van der Waals surface area contributed by atoms with Gasteiger partial charge in [0.05, 0.1) is 36.9 Å². The monoisotopic (exact) mass is 313 g/mol. The minimum atomic E-state index is -0.176. The van der Waals surface area contributed by atoms with Crippen molar-refractivity contribution in [2.24, 2.45) is 0 Å². The lowest BCUT2D eigenvalue weighted by Crippen LogP contribution is -2.42. The van der Waals surface area contributed by atoms with Crippen LogP contribution >= 0.6 is 0 Å². The Morgan fingerprint density at radius 1 is 1.35 bits per heavy atom. The highest BCUT2D eigenvalue weighted by Crippen LogP contribution is 2.22. The normalized spacial score (nSPS) is 17.8. The van der Waals surface area contributed by atoms with Gasteiger partial charge in [-0.15, -0.1) is 0 Å². The topological polar surface area (TPSA) is 80.2 Å². The van der Waals surface area contributed by atoms with Crippen molar-refractivity contribution >= 4 is 17.4 Å². The molecule has 1 fully saturated rings. The molecule has 0 radical (unpaired) electrons. The maximum Gasteiger partial charge on any atom is 0.222 e. The Kier molecular flexibility index (Phi) is 4.77. The largest absolute Gasteiger partial charge is 0.368 e. The Hall–Kier alpha value is -2.54. The van der Waals surface area contributed by atoms with Gasteiger partial charge in [-0.3, -0.25) is 14.8 Å². The van der Waals surface area contributed by atoms with Crippen molar-refractivity contribution in [1.29, 1.82) is 0 Å². The Balaban J connectivity index is 1.66. The van der Waals surface area contributed by atoms with Crippen molar-refractivity contribution in [3.63, 3.8) is 0 Å². The van der Waals surface area contributed by atoms with E-state index in [1.165, 1.54) is 0 Å². The van der Waals surface area contributed by atoms with Gasteiger partial charge in [-0.1, -0.05) is 6.92 Å². The van der Waals surface area contributed by atoms with E-state index >= 15 is 0 Å². The number of pyridine rings is 1. The molecule has 0 saturated carbocycles. The molecule has 3 rings (SSSR count). The predicted octanol–water partition coefficient (Wildman–Crippen LogP) is 1.93. The minimum Gasteiger partial charge on any atom is -0.368 e. The molecule has 1 aliphatic rings. The second kappa shape index (κ2) is 7.15. The zero-order chi connectivity index (χ0) is 16.1. The van der Waals surface area contributed by atoms with Crippen molar-refractivity contribution < 1.29 is 9.53 Å². The van der Waals surface area contributed by atoms with E-state index in [1.807, 2.05) is 24.0 Å². The van der Waals surface area contributed by atoms with E-state index in [-0.39, 0.29) is 12.0 Å². The molecule has 2 aromatic rings. The summed E-state index contributed by atoms with van der Waals surface area (Å²) in [6, 6.07) is 3.82. The number of nitrogens with zero attached hydrogens (tertiary/aromatic N) is 4. The Morgan fingerprint density at radius 3 is 2.96 bits per heavy atom. The standard InChI is InChI=1S/C16H19N5O2/c1-2-16(22)21-7-8-23-14(11-21)13-4-3-12(9-19-13)20-15-10-17-5-6-18-15/h3-6,9-10,14H,2,7-8,11H2,1H3,(H,18,20)/t14-/m1/s1. The molecule has 1 aliphatic heterocycles. The SMILES string of the molecule is CCC(=O)N1CCO[C@@H](c2ccc(Nc3cnccn3)cn2)C1. The van der Waals surface area contributed by atoms with Crippen LogP contribution in [0.5, 0.6) is 0 Å². The Labute approximate surface area is 134 Å². The number of nitrogens with one attached hydrogen (secondary N) is 1. The summed E-state index contributed by atoms with van der Waals surface area (Å²) in [6.45, 7) is 3.61. The van der Waals surface area contributed by atoms with Crippen LogP contribution in [0, 0.1) is 0 Å². The van der Waals surface area contributed by atoms with Gasteiger partial charge in [-0.25, -0.2) is 4.98 Å². The molecule has 7 heteroatoms. The number of hydrogen-bond acceptors (Lipinski definition) is 6. The number of amides is 1. The number of anilines is 2. The van der Waals surface area contributed by atoms with Gasteiger partial charge in [-0.05, 0) is 12.1 Å². The molecule has 1 atom stereocenters. The van der Waals surface area contributed by atoms with Crippen LogP contribution in [0.3, 0.4) is 0 Å². The summed E-state index contributed by atoms with van der Waals surface area (Å²) in [4.78, 5) is 26.3. The molecule has 0 spiro atoms. The van der Waals surface area contributed by atoms with Crippen molar-refractivity contribution in [3.05, 3.63) is 42.6 Å². The molecule has 1 saturated heterocycles. The van der Waals surface area contributed by atoms with Gasteiger partial charge in [-0.2, -0.15) is 0 Å². The molecular formula is C16H19N5O2. The number of hydrogen-bond donors (Lipinski definition) is 1. The number of morpholine rings is 1. The number of rotatable bonds is 4. The zero-order valence-corrected chi connectivity index (χ0v) is 13.0. The predicted molar refractivity (Wildman–Crippen MR) is 85.1 cm³/mol. The van der Waals surface area contributed by atoms with Crippen molar-refractivity contribution in [1.82, 2.24) is 19.9 Å². The van der Waals surface area contributed by atoms with Crippen molar-refractivity contribution in [3.8, 4) is 0 Å². The summed E-state index contributed by atoms with van der Waals surface area (Å²) in [5.74, 6) is 0.815. The van der Waals surface area contributed by atoms with E-state index in [1.54, 1.807) is 24.8 Å². The summed E-state index contributed by atoms with van der Waals surface area (Å²) >= 11 is 0. The first kappa shape index (κ1) is 15.4. The summed E-state index contributed by atoms with van der Waals surface area (Å²) in [6.07, 6.45) is 6.96. The average molecular weight is 313 g/mol. The van der Waals surface area contributed by atoms with Crippen LogP contribution in [0.15, 0.2) is 36.9 Å². The molecule has 120 valence electrons. The van der Waals surface area contributed by atoms with Crippen LogP contribution in [0.25, 0.3) is 0 Å². The van der Waals surface area contributed by atoms with Crippen LogP contribution in [-0.4, -0.2) is 45.5 Å². The number of carbonyl (C=O) groups excluding carboxylic acids is 1. The quantitative estimate of drug-likeness (QED) is 0.929. The minimum absolute atomic E-state index is 0.152. The third-order valence-corrected chi connectivity index (χ3v) is 3.67. The van der Waals surface area contributed by atoms with Crippen molar-refractivity contribution in [2.45, 2.75) is 19.4 Å². The van der Waals surface area contributed by atoms with E-state index < -0.39 is 0 Å². The molecule has 1 N–H and O–H groups in total. The summed E-state index contributed by atoms with van der Waals surface area (Å²) < 4.78 is 5.75. The maximum atomic E-state index is 11.8. The number of ether oxygens (including phenoxy) is 1.